The molecule has 1 fully saturated rings. The Labute approximate surface area is 125 Å². The second kappa shape index (κ2) is 6.43. The average molecular weight is 294 g/mol. The van der Waals surface area contributed by atoms with Crippen LogP contribution in [0.4, 0.5) is 14.9 Å². The van der Waals surface area contributed by atoms with E-state index in [1.165, 1.54) is 6.07 Å². The van der Waals surface area contributed by atoms with Gasteiger partial charge in [0.15, 0.2) is 0 Å². The van der Waals surface area contributed by atoms with E-state index in [2.05, 4.69) is 10.6 Å². The second-order valence-corrected chi connectivity index (χ2v) is 6.37. The molecular formula is C16H23FN2O2. The Balaban J connectivity index is 2.03. The van der Waals surface area contributed by atoms with Crippen LogP contribution in [0.3, 0.4) is 0 Å². The van der Waals surface area contributed by atoms with Gasteiger partial charge in [-0.3, -0.25) is 5.32 Å². The number of amides is 1. The fraction of sp³-hybridized carbons (Fsp3) is 0.562. The number of ether oxygens (including phenoxy) is 1. The Morgan fingerprint density at radius 3 is 2.71 bits per heavy atom. The normalized spacial score (nSPS) is 19.1. The SMILES string of the molecule is CC(C)(C)OC(=O)Nc1ccc(C2CCCCN2)c(F)c1. The maximum absolute atomic E-state index is 14.2. The first kappa shape index (κ1) is 15.8. The van der Waals surface area contributed by atoms with Crippen LogP contribution in [0.25, 0.3) is 0 Å². The summed E-state index contributed by atoms with van der Waals surface area (Å²) in [5.41, 5.74) is 0.486. The predicted octanol–water partition coefficient (Wildman–Crippen LogP) is 3.99. The van der Waals surface area contributed by atoms with Crippen molar-refractivity contribution < 1.29 is 13.9 Å². The highest BCUT2D eigenvalue weighted by Crippen LogP contribution is 2.27. The minimum atomic E-state index is -0.578. The highest BCUT2D eigenvalue weighted by Gasteiger charge is 2.20. The van der Waals surface area contributed by atoms with Gasteiger partial charge in [0.25, 0.3) is 0 Å². The number of nitrogens with one attached hydrogen (secondary N) is 2. The van der Waals surface area contributed by atoms with Crippen LogP contribution >= 0.6 is 0 Å². The van der Waals surface area contributed by atoms with Gasteiger partial charge < -0.3 is 10.1 Å². The van der Waals surface area contributed by atoms with E-state index in [4.69, 9.17) is 4.74 Å². The van der Waals surface area contributed by atoms with Crippen molar-refractivity contribution in [1.29, 1.82) is 0 Å². The highest BCUT2D eigenvalue weighted by atomic mass is 19.1. The Kier molecular flexibility index (Phi) is 4.83. The van der Waals surface area contributed by atoms with E-state index >= 15 is 0 Å². The molecular weight excluding hydrogens is 271 g/mol. The summed E-state index contributed by atoms with van der Waals surface area (Å²) in [5.74, 6) is -0.303. The van der Waals surface area contributed by atoms with Crippen LogP contribution in [-0.2, 0) is 4.74 Å². The van der Waals surface area contributed by atoms with Crippen LogP contribution in [0.5, 0.6) is 0 Å². The number of hydrogen-bond acceptors (Lipinski definition) is 3. The summed E-state index contributed by atoms with van der Waals surface area (Å²) < 4.78 is 19.3. The maximum atomic E-state index is 14.2. The van der Waals surface area contributed by atoms with Crippen molar-refractivity contribution in [3.05, 3.63) is 29.6 Å². The van der Waals surface area contributed by atoms with Gasteiger partial charge in [0.1, 0.15) is 11.4 Å². The first-order valence-corrected chi connectivity index (χ1v) is 7.38. The van der Waals surface area contributed by atoms with Crippen LogP contribution in [0, 0.1) is 5.82 Å². The summed E-state index contributed by atoms with van der Waals surface area (Å²) in [4.78, 5) is 11.7. The van der Waals surface area contributed by atoms with Crippen molar-refractivity contribution in [3.63, 3.8) is 0 Å². The molecule has 1 atom stereocenters. The predicted molar refractivity (Wildman–Crippen MR) is 80.9 cm³/mol. The van der Waals surface area contributed by atoms with Crippen molar-refractivity contribution >= 4 is 11.8 Å². The molecule has 0 aliphatic carbocycles. The Morgan fingerprint density at radius 2 is 2.14 bits per heavy atom. The molecule has 1 aromatic carbocycles. The number of anilines is 1. The van der Waals surface area contributed by atoms with Crippen molar-refractivity contribution in [3.8, 4) is 0 Å². The summed E-state index contributed by atoms with van der Waals surface area (Å²) in [6, 6.07) is 4.84. The zero-order valence-corrected chi connectivity index (χ0v) is 12.8. The van der Waals surface area contributed by atoms with Gasteiger partial charge in [-0.1, -0.05) is 12.5 Å². The summed E-state index contributed by atoms with van der Waals surface area (Å²) in [5, 5.41) is 5.86. The fourth-order valence-electron chi connectivity index (χ4n) is 2.43. The lowest BCUT2D eigenvalue weighted by atomic mass is 9.97. The molecule has 4 nitrogen and oxygen atoms in total. The number of piperidine rings is 1. The molecule has 116 valence electrons. The molecule has 5 heteroatoms. The molecule has 1 heterocycles. The molecule has 0 spiro atoms. The smallest absolute Gasteiger partial charge is 0.412 e. The molecule has 1 aliphatic heterocycles. The van der Waals surface area contributed by atoms with Gasteiger partial charge in [-0.15, -0.1) is 0 Å². The van der Waals surface area contributed by atoms with E-state index < -0.39 is 11.7 Å². The van der Waals surface area contributed by atoms with Crippen LogP contribution in [-0.4, -0.2) is 18.2 Å². The van der Waals surface area contributed by atoms with E-state index in [0.717, 1.165) is 25.8 Å². The zero-order chi connectivity index (χ0) is 15.5. The van der Waals surface area contributed by atoms with Gasteiger partial charge in [-0.25, -0.2) is 9.18 Å². The van der Waals surface area contributed by atoms with Gasteiger partial charge in [-0.2, -0.15) is 0 Å². The van der Waals surface area contributed by atoms with Crippen LogP contribution in [0.1, 0.15) is 51.6 Å². The third kappa shape index (κ3) is 4.70. The molecule has 1 amide bonds. The van der Waals surface area contributed by atoms with E-state index in [1.54, 1.807) is 32.9 Å². The highest BCUT2D eigenvalue weighted by molar-refractivity contribution is 5.84. The fourth-order valence-corrected chi connectivity index (χ4v) is 2.43. The number of hydrogen-bond donors (Lipinski definition) is 2. The van der Waals surface area contributed by atoms with Gasteiger partial charge in [-0.05, 0) is 52.3 Å². The van der Waals surface area contributed by atoms with Crippen LogP contribution in [0.15, 0.2) is 18.2 Å². The topological polar surface area (TPSA) is 50.4 Å². The van der Waals surface area contributed by atoms with E-state index in [0.29, 0.717) is 11.3 Å². The lowest BCUT2D eigenvalue weighted by Crippen LogP contribution is -2.28. The Hall–Kier alpha value is -1.62. The second-order valence-electron chi connectivity index (χ2n) is 6.37. The van der Waals surface area contributed by atoms with Crippen molar-refractivity contribution in [2.24, 2.45) is 0 Å². The minimum absolute atomic E-state index is 0.0642. The van der Waals surface area contributed by atoms with Gasteiger partial charge in [0, 0.05) is 17.3 Å². The average Bonchev–Trinajstić information content (AvgIpc) is 2.37. The third-order valence-corrected chi connectivity index (χ3v) is 3.33. The number of rotatable bonds is 2. The van der Waals surface area contributed by atoms with Crippen molar-refractivity contribution in [2.75, 3.05) is 11.9 Å². The van der Waals surface area contributed by atoms with Gasteiger partial charge in [0.05, 0.1) is 0 Å². The third-order valence-electron chi connectivity index (χ3n) is 3.33. The summed E-state index contributed by atoms with van der Waals surface area (Å²) in [7, 11) is 0. The van der Waals surface area contributed by atoms with E-state index in [1.807, 2.05) is 0 Å². The van der Waals surface area contributed by atoms with Crippen LogP contribution < -0.4 is 10.6 Å². The van der Waals surface area contributed by atoms with Gasteiger partial charge >= 0.3 is 6.09 Å². The van der Waals surface area contributed by atoms with Gasteiger partial charge in [0.2, 0.25) is 0 Å². The molecule has 0 bridgehead atoms. The zero-order valence-electron chi connectivity index (χ0n) is 12.8. The summed E-state index contributed by atoms with van der Waals surface area (Å²) in [6.07, 6.45) is 2.60. The Morgan fingerprint density at radius 1 is 1.38 bits per heavy atom. The minimum Gasteiger partial charge on any atom is -0.444 e. The first-order chi connectivity index (χ1) is 9.85. The quantitative estimate of drug-likeness (QED) is 0.867. The van der Waals surface area contributed by atoms with E-state index in [9.17, 15) is 9.18 Å². The van der Waals surface area contributed by atoms with Crippen LogP contribution in [0.2, 0.25) is 0 Å². The number of carbonyl (C=O) groups is 1. The largest absolute Gasteiger partial charge is 0.444 e. The number of halogens is 1. The molecule has 2 rings (SSSR count). The molecule has 0 aromatic heterocycles. The maximum Gasteiger partial charge on any atom is 0.412 e. The molecule has 1 unspecified atom stereocenters. The first-order valence-electron chi connectivity index (χ1n) is 7.38. The molecule has 1 aliphatic rings. The molecule has 0 radical (unpaired) electrons. The molecule has 21 heavy (non-hydrogen) atoms. The van der Waals surface area contributed by atoms with Crippen molar-refractivity contribution in [2.45, 2.75) is 51.7 Å². The van der Waals surface area contributed by atoms with E-state index in [-0.39, 0.29) is 11.9 Å². The monoisotopic (exact) mass is 294 g/mol. The van der Waals surface area contributed by atoms with Crippen molar-refractivity contribution in [1.82, 2.24) is 5.32 Å². The Bertz CT molecular complexity index is 505. The number of carbonyl (C=O) groups excluding carboxylic acids is 1. The molecule has 1 aromatic rings. The lowest BCUT2D eigenvalue weighted by Gasteiger charge is -2.24. The lowest BCUT2D eigenvalue weighted by molar-refractivity contribution is 0.0636. The summed E-state index contributed by atoms with van der Waals surface area (Å²) in [6.45, 7) is 6.27. The molecule has 1 saturated heterocycles. The molecule has 0 saturated carbocycles. The number of benzene rings is 1. The molecule has 2 N–H and O–H groups in total. The standard InChI is InChI=1S/C16H23FN2O2/c1-16(2,3)21-15(20)19-11-7-8-12(13(17)10-11)14-6-4-5-9-18-14/h7-8,10,14,18H,4-6,9H2,1-3H3,(H,19,20). The summed E-state index contributed by atoms with van der Waals surface area (Å²) >= 11 is 0.